The molecule has 5 nitrogen and oxygen atoms in total. The molecule has 5 heterocycles. The highest BCUT2D eigenvalue weighted by atomic mass is 16.5. The summed E-state index contributed by atoms with van der Waals surface area (Å²) < 4.78 is 6.48. The molecule has 3 aliphatic rings. The molecule has 1 fully saturated rings. The number of fused-ring (bicyclic) bond motifs is 8. The molecule has 6 rings (SSSR count). The van der Waals surface area contributed by atoms with E-state index in [9.17, 15) is 0 Å². The first-order valence-electron chi connectivity index (χ1n) is 9.14. The van der Waals surface area contributed by atoms with Crippen LogP contribution in [0.1, 0.15) is 34.7 Å². The van der Waals surface area contributed by atoms with Gasteiger partial charge in [-0.25, -0.2) is 0 Å². The minimum atomic E-state index is -0.0221. The largest absolute Gasteiger partial charge is 0.364 e. The smallest absolute Gasteiger partial charge is 0.0954 e. The van der Waals surface area contributed by atoms with E-state index in [1.165, 1.54) is 11.1 Å². The van der Waals surface area contributed by atoms with Gasteiger partial charge in [0.25, 0.3) is 0 Å². The van der Waals surface area contributed by atoms with E-state index in [0.29, 0.717) is 0 Å². The van der Waals surface area contributed by atoms with E-state index in [4.69, 9.17) is 4.74 Å². The molecule has 5 heteroatoms. The molecule has 0 amide bonds. The van der Waals surface area contributed by atoms with Crippen LogP contribution >= 0.6 is 0 Å². The van der Waals surface area contributed by atoms with Crippen LogP contribution in [0.2, 0.25) is 0 Å². The van der Waals surface area contributed by atoms with Gasteiger partial charge in [-0.2, -0.15) is 10.2 Å². The van der Waals surface area contributed by atoms with Crippen molar-refractivity contribution >= 4 is 11.4 Å². The van der Waals surface area contributed by atoms with E-state index in [1.54, 1.807) is 12.4 Å². The van der Waals surface area contributed by atoms with Crippen LogP contribution < -0.4 is 0 Å². The molecule has 1 saturated heterocycles. The van der Waals surface area contributed by atoms with Gasteiger partial charge in [-0.15, -0.1) is 0 Å². The Balaban J connectivity index is 1.56. The summed E-state index contributed by atoms with van der Waals surface area (Å²) in [5, 5.41) is 9.23. The van der Waals surface area contributed by atoms with Crippen molar-refractivity contribution in [3.63, 3.8) is 0 Å². The van der Waals surface area contributed by atoms with Crippen molar-refractivity contribution in [3.05, 3.63) is 95.6 Å². The number of pyridine rings is 2. The summed E-state index contributed by atoms with van der Waals surface area (Å²) in [4.78, 5) is 9.06. The van der Waals surface area contributed by atoms with Gasteiger partial charge in [0.2, 0.25) is 0 Å². The predicted octanol–water partition coefficient (Wildman–Crippen LogP) is 3.74. The minimum absolute atomic E-state index is 0.0221. The molecule has 0 saturated carbocycles. The highest BCUT2D eigenvalue weighted by Gasteiger charge is 2.57. The van der Waals surface area contributed by atoms with Gasteiger partial charge >= 0.3 is 0 Å². The summed E-state index contributed by atoms with van der Waals surface area (Å²) >= 11 is 0. The first-order valence-corrected chi connectivity index (χ1v) is 9.14. The molecule has 27 heavy (non-hydrogen) atoms. The molecule has 2 bridgehead atoms. The first kappa shape index (κ1) is 14.9. The summed E-state index contributed by atoms with van der Waals surface area (Å²) in [5.41, 5.74) is 6.06. The lowest BCUT2D eigenvalue weighted by Crippen LogP contribution is -2.38. The number of nitrogens with zero attached hydrogens (tertiary/aromatic N) is 4. The van der Waals surface area contributed by atoms with Crippen LogP contribution in [0.4, 0.5) is 0 Å². The Morgan fingerprint density at radius 3 is 1.52 bits per heavy atom. The van der Waals surface area contributed by atoms with Crippen LogP contribution in [0, 0.1) is 11.8 Å². The molecular weight excluding hydrogens is 336 g/mol. The number of hydrogen-bond acceptors (Lipinski definition) is 5. The molecule has 4 atom stereocenters. The van der Waals surface area contributed by atoms with Gasteiger partial charge in [-0.3, -0.25) is 9.97 Å². The summed E-state index contributed by atoms with van der Waals surface area (Å²) in [5.74, 6) is 0.184. The van der Waals surface area contributed by atoms with E-state index < -0.39 is 0 Å². The van der Waals surface area contributed by atoms with Gasteiger partial charge in [0.15, 0.2) is 0 Å². The number of ether oxygens (including phenoxy) is 1. The Labute approximate surface area is 156 Å². The SMILES string of the molecule is c1ccc(C2=NN=C(c3ccccn3)C3C4OC(c5ccccc54)C23)nc1. The van der Waals surface area contributed by atoms with Crippen molar-refractivity contribution in [1.29, 1.82) is 0 Å². The highest BCUT2D eigenvalue weighted by molar-refractivity contribution is 6.11. The minimum Gasteiger partial charge on any atom is -0.364 e. The second kappa shape index (κ2) is 5.66. The standard InChI is InChI=1S/C22H16N4O/c1-2-8-14-13(7-1)21-17-18(22(14)27-21)20(16-10-4-6-12-24-16)26-25-19(17)15-9-3-5-11-23-15/h1-12,17-18,21-22H. The van der Waals surface area contributed by atoms with Crippen LogP contribution in [0.5, 0.6) is 0 Å². The van der Waals surface area contributed by atoms with Gasteiger partial charge in [0.1, 0.15) is 0 Å². The van der Waals surface area contributed by atoms with Crippen molar-refractivity contribution in [1.82, 2.24) is 9.97 Å². The zero-order chi connectivity index (χ0) is 17.8. The van der Waals surface area contributed by atoms with Crippen molar-refractivity contribution < 1.29 is 4.74 Å². The van der Waals surface area contributed by atoms with Gasteiger partial charge in [0.05, 0.1) is 35.0 Å². The summed E-state index contributed by atoms with van der Waals surface area (Å²) in [6, 6.07) is 20.3. The number of benzene rings is 1. The third-order valence-electron chi connectivity index (χ3n) is 5.69. The molecule has 3 aliphatic heterocycles. The van der Waals surface area contributed by atoms with E-state index in [1.807, 2.05) is 36.4 Å². The van der Waals surface area contributed by atoms with Crippen molar-refractivity contribution in [2.75, 3.05) is 0 Å². The van der Waals surface area contributed by atoms with E-state index in [2.05, 4.69) is 44.4 Å². The van der Waals surface area contributed by atoms with Gasteiger partial charge in [0, 0.05) is 24.2 Å². The molecule has 4 unspecified atom stereocenters. The molecular formula is C22H16N4O. The fourth-order valence-electron chi connectivity index (χ4n) is 4.61. The third-order valence-corrected chi connectivity index (χ3v) is 5.69. The predicted molar refractivity (Wildman–Crippen MR) is 102 cm³/mol. The van der Waals surface area contributed by atoms with Crippen LogP contribution in [0.25, 0.3) is 0 Å². The lowest BCUT2D eigenvalue weighted by atomic mass is 9.70. The van der Waals surface area contributed by atoms with Gasteiger partial charge < -0.3 is 4.74 Å². The Morgan fingerprint density at radius 2 is 1.07 bits per heavy atom. The normalized spacial score (nSPS) is 27.6. The second-order valence-corrected chi connectivity index (χ2v) is 7.06. The maximum absolute atomic E-state index is 6.48. The maximum Gasteiger partial charge on any atom is 0.0954 e. The Kier molecular flexibility index (Phi) is 3.13. The second-order valence-electron chi connectivity index (χ2n) is 7.06. The quantitative estimate of drug-likeness (QED) is 0.706. The molecule has 0 aliphatic carbocycles. The van der Waals surface area contributed by atoms with Gasteiger partial charge in [-0.1, -0.05) is 36.4 Å². The summed E-state index contributed by atoms with van der Waals surface area (Å²) in [6.45, 7) is 0. The van der Waals surface area contributed by atoms with Crippen LogP contribution in [-0.4, -0.2) is 21.4 Å². The van der Waals surface area contributed by atoms with Crippen molar-refractivity contribution in [2.45, 2.75) is 12.2 Å². The number of rotatable bonds is 2. The fraction of sp³-hybridized carbons (Fsp3) is 0.182. The van der Waals surface area contributed by atoms with Crippen LogP contribution in [0.3, 0.4) is 0 Å². The average molecular weight is 352 g/mol. The van der Waals surface area contributed by atoms with Crippen molar-refractivity contribution in [3.8, 4) is 0 Å². The van der Waals surface area contributed by atoms with E-state index in [-0.39, 0.29) is 24.0 Å². The third kappa shape index (κ3) is 2.09. The summed E-state index contributed by atoms with van der Waals surface area (Å²) in [6.07, 6.45) is 3.55. The highest BCUT2D eigenvalue weighted by Crippen LogP contribution is 2.59. The maximum atomic E-state index is 6.48. The van der Waals surface area contributed by atoms with E-state index >= 15 is 0 Å². The molecule has 2 aromatic heterocycles. The lowest BCUT2D eigenvalue weighted by Gasteiger charge is -2.32. The summed E-state index contributed by atoms with van der Waals surface area (Å²) in [7, 11) is 0. The average Bonchev–Trinajstić information content (AvgIpc) is 3.33. The zero-order valence-electron chi connectivity index (χ0n) is 14.4. The Hall–Kier alpha value is -3.18. The molecule has 0 radical (unpaired) electrons. The van der Waals surface area contributed by atoms with E-state index in [0.717, 1.165) is 22.8 Å². The Morgan fingerprint density at radius 1 is 0.593 bits per heavy atom. The number of hydrogen-bond donors (Lipinski definition) is 0. The zero-order valence-corrected chi connectivity index (χ0v) is 14.4. The number of aromatic nitrogens is 2. The fourth-order valence-corrected chi connectivity index (χ4v) is 4.61. The van der Waals surface area contributed by atoms with Crippen LogP contribution in [0.15, 0.2) is 83.3 Å². The van der Waals surface area contributed by atoms with Gasteiger partial charge in [-0.05, 0) is 35.4 Å². The molecule has 1 aromatic carbocycles. The lowest BCUT2D eigenvalue weighted by molar-refractivity contribution is 0.0628. The first-order chi connectivity index (χ1) is 13.4. The molecule has 0 spiro atoms. The topological polar surface area (TPSA) is 59.7 Å². The molecule has 3 aromatic rings. The molecule has 0 N–H and O–H groups in total. The van der Waals surface area contributed by atoms with Crippen molar-refractivity contribution in [2.24, 2.45) is 22.0 Å². The monoisotopic (exact) mass is 352 g/mol. The molecule has 130 valence electrons. The van der Waals surface area contributed by atoms with Crippen LogP contribution in [-0.2, 0) is 4.74 Å². The Bertz CT molecular complexity index is 991.